The minimum Gasteiger partial charge on any atom is -0.496 e. The van der Waals surface area contributed by atoms with Gasteiger partial charge in [0.1, 0.15) is 10.8 Å². The number of hydrazine groups is 1. The van der Waals surface area contributed by atoms with Crippen LogP contribution in [0.3, 0.4) is 0 Å². The van der Waals surface area contributed by atoms with E-state index in [0.29, 0.717) is 37.4 Å². The molecule has 1 aromatic carbocycles. The number of hydrogen-bond donors (Lipinski definition) is 3. The van der Waals surface area contributed by atoms with Gasteiger partial charge in [0.2, 0.25) is 0 Å². The van der Waals surface area contributed by atoms with Crippen molar-refractivity contribution >= 4 is 17.3 Å². The highest BCUT2D eigenvalue weighted by molar-refractivity contribution is 6.33. The molecule has 0 unspecified atom stereocenters. The molecule has 0 bridgehead atoms. The summed E-state index contributed by atoms with van der Waals surface area (Å²) in [6, 6.07) is 5.88. The van der Waals surface area contributed by atoms with Crippen LogP contribution in [0.5, 0.6) is 5.75 Å². The van der Waals surface area contributed by atoms with Crippen LogP contribution < -0.4 is 26.8 Å². The molecule has 1 aliphatic heterocycles. The Morgan fingerprint density at radius 3 is 2.93 bits per heavy atom. The van der Waals surface area contributed by atoms with E-state index >= 15 is 0 Å². The average molecular weight is 391 g/mol. The van der Waals surface area contributed by atoms with Gasteiger partial charge in [-0.2, -0.15) is 5.10 Å². The fraction of sp³-hybridized carbons (Fsp3) is 0.333. The molecule has 27 heavy (non-hydrogen) atoms. The molecule has 9 heteroatoms. The molecule has 0 atom stereocenters. The summed E-state index contributed by atoms with van der Waals surface area (Å²) in [5.41, 5.74) is 10.1. The normalized spacial score (nSPS) is 14.4. The second kappa shape index (κ2) is 7.89. The van der Waals surface area contributed by atoms with Gasteiger partial charge in [-0.05, 0) is 24.1 Å². The van der Waals surface area contributed by atoms with E-state index in [1.165, 1.54) is 6.20 Å². The highest BCUT2D eigenvalue weighted by atomic mass is 35.5. The number of nitrogens with one attached hydrogen (secondary N) is 1. The Morgan fingerprint density at radius 1 is 1.44 bits per heavy atom. The van der Waals surface area contributed by atoms with Crippen molar-refractivity contribution in [2.24, 2.45) is 11.6 Å². The van der Waals surface area contributed by atoms with Crippen LogP contribution in [-0.2, 0) is 6.54 Å². The molecular weight excluding hydrogens is 368 g/mol. The van der Waals surface area contributed by atoms with E-state index in [2.05, 4.69) is 10.2 Å². The molecule has 0 aliphatic carbocycles. The molecule has 0 fully saturated rings. The zero-order chi connectivity index (χ0) is 19.6. The van der Waals surface area contributed by atoms with Gasteiger partial charge in [-0.3, -0.25) is 4.79 Å². The van der Waals surface area contributed by atoms with Crippen LogP contribution in [0.2, 0.25) is 5.02 Å². The first-order valence-electron chi connectivity index (χ1n) is 8.52. The molecule has 2 aromatic rings. The van der Waals surface area contributed by atoms with Crippen molar-refractivity contribution in [3.63, 3.8) is 0 Å². The van der Waals surface area contributed by atoms with Crippen molar-refractivity contribution in [1.29, 1.82) is 0 Å². The lowest BCUT2D eigenvalue weighted by Gasteiger charge is -2.34. The Morgan fingerprint density at radius 2 is 2.22 bits per heavy atom. The lowest BCUT2D eigenvalue weighted by Crippen LogP contribution is -2.42. The van der Waals surface area contributed by atoms with Crippen molar-refractivity contribution in [3.8, 4) is 5.75 Å². The second-order valence-corrected chi connectivity index (χ2v) is 6.79. The van der Waals surface area contributed by atoms with Crippen LogP contribution >= 0.6 is 11.6 Å². The molecule has 5 N–H and O–H groups in total. The van der Waals surface area contributed by atoms with Crippen LogP contribution in [0, 0.1) is 6.92 Å². The lowest BCUT2D eigenvalue weighted by molar-refractivity contribution is 0.326. The summed E-state index contributed by atoms with van der Waals surface area (Å²) in [7, 11) is 1.65. The van der Waals surface area contributed by atoms with Gasteiger partial charge in [0.15, 0.2) is 0 Å². The predicted molar refractivity (Wildman–Crippen MR) is 105 cm³/mol. The summed E-state index contributed by atoms with van der Waals surface area (Å²) in [6.45, 7) is 3.58. The summed E-state index contributed by atoms with van der Waals surface area (Å²) >= 11 is 6.10. The molecule has 0 saturated heterocycles. The van der Waals surface area contributed by atoms with Crippen LogP contribution in [0.1, 0.15) is 17.5 Å². The van der Waals surface area contributed by atoms with Gasteiger partial charge in [-0.15, -0.1) is 0 Å². The Bertz CT molecular complexity index is 926. The lowest BCUT2D eigenvalue weighted by atomic mass is 10.1. The van der Waals surface area contributed by atoms with E-state index in [-0.39, 0.29) is 5.02 Å². The van der Waals surface area contributed by atoms with Gasteiger partial charge in [-0.1, -0.05) is 23.7 Å². The van der Waals surface area contributed by atoms with E-state index in [1.54, 1.807) is 12.1 Å². The van der Waals surface area contributed by atoms with Gasteiger partial charge in [-0.25, -0.2) is 10.9 Å². The molecule has 0 radical (unpaired) electrons. The molecule has 2 heterocycles. The Labute approximate surface area is 162 Å². The molecule has 0 saturated carbocycles. The van der Waals surface area contributed by atoms with E-state index in [4.69, 9.17) is 27.9 Å². The van der Waals surface area contributed by atoms with Crippen molar-refractivity contribution in [2.75, 3.05) is 25.1 Å². The number of nitrogens with two attached hydrogens (primary N) is 2. The molecule has 8 nitrogen and oxygen atoms in total. The summed E-state index contributed by atoms with van der Waals surface area (Å²) in [5.74, 6) is 7.14. The first kappa shape index (κ1) is 19.1. The van der Waals surface area contributed by atoms with Crippen LogP contribution in [0.25, 0.3) is 0 Å². The number of rotatable bonds is 5. The van der Waals surface area contributed by atoms with E-state index in [0.717, 1.165) is 22.6 Å². The molecular formula is C18H23ClN6O2. The highest BCUT2D eigenvalue weighted by Crippen LogP contribution is 2.28. The maximum Gasteiger partial charge on any atom is 0.285 e. The van der Waals surface area contributed by atoms with Gasteiger partial charge < -0.3 is 20.4 Å². The van der Waals surface area contributed by atoms with Crippen molar-refractivity contribution in [3.05, 3.63) is 62.3 Å². The number of halogens is 1. The van der Waals surface area contributed by atoms with Crippen molar-refractivity contribution in [1.82, 2.24) is 15.2 Å². The minimum absolute atomic E-state index is 0.109. The topological polar surface area (TPSA) is 114 Å². The summed E-state index contributed by atoms with van der Waals surface area (Å²) in [4.78, 5) is 13.6. The van der Waals surface area contributed by atoms with Gasteiger partial charge in [0.25, 0.3) is 5.56 Å². The third kappa shape index (κ3) is 3.86. The summed E-state index contributed by atoms with van der Waals surface area (Å²) in [6.07, 6.45) is 2.16. The summed E-state index contributed by atoms with van der Waals surface area (Å²) < 4.78 is 5.37. The zero-order valence-corrected chi connectivity index (χ0v) is 16.1. The molecule has 1 aromatic heterocycles. The minimum atomic E-state index is -0.420. The predicted octanol–water partition coefficient (Wildman–Crippen LogP) is 1.50. The number of aromatic amines is 1. The quantitative estimate of drug-likeness (QED) is 0.523. The number of ether oxygens (including phenoxy) is 1. The van der Waals surface area contributed by atoms with Gasteiger partial charge >= 0.3 is 0 Å². The molecule has 0 spiro atoms. The van der Waals surface area contributed by atoms with Crippen molar-refractivity contribution in [2.45, 2.75) is 19.9 Å². The molecule has 144 valence electrons. The van der Waals surface area contributed by atoms with Gasteiger partial charge in [0, 0.05) is 18.7 Å². The third-order valence-electron chi connectivity index (χ3n) is 4.77. The zero-order valence-electron chi connectivity index (χ0n) is 15.3. The highest BCUT2D eigenvalue weighted by Gasteiger charge is 2.23. The monoisotopic (exact) mass is 390 g/mol. The third-order valence-corrected chi connectivity index (χ3v) is 5.14. The summed E-state index contributed by atoms with van der Waals surface area (Å²) in [5, 5.41) is 7.91. The van der Waals surface area contributed by atoms with Crippen molar-refractivity contribution < 1.29 is 4.74 Å². The smallest absolute Gasteiger partial charge is 0.285 e. The number of H-pyrrole nitrogens is 1. The van der Waals surface area contributed by atoms with Gasteiger partial charge in [0.05, 0.1) is 37.8 Å². The number of benzene rings is 1. The van der Waals surface area contributed by atoms with Crippen LogP contribution in [0.4, 0.5) is 5.69 Å². The maximum absolute atomic E-state index is 11.7. The molecule has 1 aliphatic rings. The fourth-order valence-corrected chi connectivity index (χ4v) is 3.45. The fourth-order valence-electron chi connectivity index (χ4n) is 3.24. The number of nitrogens with zero attached hydrogens (tertiary/aromatic N) is 3. The van der Waals surface area contributed by atoms with E-state index < -0.39 is 5.56 Å². The Balaban J connectivity index is 1.78. The van der Waals surface area contributed by atoms with E-state index in [1.807, 2.05) is 30.0 Å². The molecule has 0 amide bonds. The van der Waals surface area contributed by atoms with Crippen LogP contribution in [-0.4, -0.2) is 35.4 Å². The maximum atomic E-state index is 11.7. The largest absolute Gasteiger partial charge is 0.496 e. The molecule has 3 rings (SSSR count). The van der Waals surface area contributed by atoms with Crippen LogP contribution in [0.15, 0.2) is 40.6 Å². The number of methoxy groups -OCH3 is 1. The second-order valence-electron chi connectivity index (χ2n) is 6.41. The Kier molecular flexibility index (Phi) is 5.57. The number of anilines is 1. The van der Waals surface area contributed by atoms with E-state index in [9.17, 15) is 4.79 Å². The SMILES string of the molecule is COc1cccc(CN(N)C2=C(N)CN(c3cn[nH]c(=O)c3Cl)CC2)c1C. The Hall–Kier alpha value is -2.71. The number of hydrogen-bond acceptors (Lipinski definition) is 7. The first-order valence-corrected chi connectivity index (χ1v) is 8.90. The average Bonchev–Trinajstić information content (AvgIpc) is 2.65. The first-order chi connectivity index (χ1) is 12.9. The number of aromatic nitrogens is 2. The standard InChI is InChI=1S/C18H23ClN6O2/c1-11-12(4-3-5-16(11)27-2)9-25(21)14-6-7-24(10-13(14)20)15-8-22-23-18(26)17(15)19/h3-5,8H,6-7,9-10,20-21H2,1-2H3,(H,23,26).